The van der Waals surface area contributed by atoms with Crippen LogP contribution in [0.3, 0.4) is 0 Å². The summed E-state index contributed by atoms with van der Waals surface area (Å²) >= 11 is 0. The normalized spacial score (nSPS) is 25.8. The van der Waals surface area contributed by atoms with Crippen molar-refractivity contribution in [1.82, 2.24) is 29.7 Å². The van der Waals surface area contributed by atoms with Gasteiger partial charge in [0.2, 0.25) is 17.8 Å². The fraction of sp³-hybridized carbons (Fsp3) is 0.933. The van der Waals surface area contributed by atoms with Crippen LogP contribution in [0.15, 0.2) is 0 Å². The first-order valence-corrected chi connectivity index (χ1v) is 22.4. The fourth-order valence-corrected chi connectivity index (χ4v) is 12.1. The largest absolute Gasteiger partial charge is 0.392 e. The van der Waals surface area contributed by atoms with Gasteiger partial charge in [-0.15, -0.1) is 0 Å². The van der Waals surface area contributed by atoms with Gasteiger partial charge in [0.05, 0.1) is 18.3 Å². The predicted octanol–water partition coefficient (Wildman–Crippen LogP) is 6.56. The van der Waals surface area contributed by atoms with Crippen LogP contribution in [0.5, 0.6) is 0 Å². The SMILES string of the molecule is CCN(c1nc(N(CC)C2CC(C)(C)N(CC(C)O)C(C)(C)C2)nc(N(CC)C2CC(C)(C)N(CC(C)O)C(C)(C)C2)n1)C1CC(C)(C)N(CC(C)O)C(C)(C)C1. The molecule has 330 valence electrons. The summed E-state index contributed by atoms with van der Waals surface area (Å²) in [5, 5.41) is 31.5. The zero-order valence-corrected chi connectivity index (χ0v) is 39.8. The van der Waals surface area contributed by atoms with Crippen LogP contribution in [-0.4, -0.2) is 154 Å². The lowest BCUT2D eigenvalue weighted by molar-refractivity contribution is -0.0585. The predicted molar refractivity (Wildman–Crippen MR) is 238 cm³/mol. The Morgan fingerprint density at radius 1 is 0.439 bits per heavy atom. The molecule has 3 aliphatic heterocycles. The molecular weight excluding hydrogens is 715 g/mol. The molecule has 4 rings (SSSR count). The Labute approximate surface area is 348 Å². The van der Waals surface area contributed by atoms with E-state index in [-0.39, 0.29) is 51.4 Å². The van der Waals surface area contributed by atoms with E-state index >= 15 is 0 Å². The third-order valence-corrected chi connectivity index (χ3v) is 13.9. The first-order chi connectivity index (χ1) is 26.0. The topological polar surface area (TPSA) is 119 Å². The van der Waals surface area contributed by atoms with Crippen molar-refractivity contribution >= 4 is 17.8 Å². The van der Waals surface area contributed by atoms with Crippen LogP contribution in [-0.2, 0) is 0 Å². The Kier molecular flexibility index (Phi) is 14.5. The first-order valence-electron chi connectivity index (χ1n) is 22.4. The minimum absolute atomic E-state index is 0.144. The molecule has 0 spiro atoms. The van der Waals surface area contributed by atoms with Gasteiger partial charge in [0, 0.05) is 90.6 Å². The van der Waals surface area contributed by atoms with Gasteiger partial charge in [-0.3, -0.25) is 14.7 Å². The third kappa shape index (κ3) is 10.6. The van der Waals surface area contributed by atoms with Gasteiger partial charge in [-0.1, -0.05) is 0 Å². The summed E-state index contributed by atoms with van der Waals surface area (Å²) in [4.78, 5) is 31.2. The molecule has 0 bridgehead atoms. The molecule has 12 nitrogen and oxygen atoms in total. The number of anilines is 3. The van der Waals surface area contributed by atoms with Crippen molar-refractivity contribution in [3.05, 3.63) is 0 Å². The Hall–Kier alpha value is -1.83. The molecule has 0 amide bonds. The summed E-state index contributed by atoms with van der Waals surface area (Å²) in [6, 6.07) is 0.588. The van der Waals surface area contributed by atoms with E-state index in [1.807, 2.05) is 20.8 Å². The maximum atomic E-state index is 10.5. The zero-order valence-electron chi connectivity index (χ0n) is 39.8. The number of nitrogens with zero attached hydrogens (tertiary/aromatic N) is 9. The molecule has 0 radical (unpaired) electrons. The lowest BCUT2D eigenvalue weighted by Crippen LogP contribution is -2.66. The van der Waals surface area contributed by atoms with Crippen LogP contribution in [0.4, 0.5) is 17.8 Å². The van der Waals surface area contributed by atoms with Gasteiger partial charge >= 0.3 is 0 Å². The fourth-order valence-electron chi connectivity index (χ4n) is 12.1. The molecule has 3 aliphatic rings. The number of aliphatic hydroxyl groups is 3. The molecule has 3 atom stereocenters. The molecule has 1 aromatic rings. The zero-order chi connectivity index (χ0) is 43.3. The van der Waals surface area contributed by atoms with Crippen molar-refractivity contribution in [1.29, 1.82) is 0 Å². The van der Waals surface area contributed by atoms with Crippen LogP contribution in [0.25, 0.3) is 0 Å². The lowest BCUT2D eigenvalue weighted by atomic mass is 9.76. The number of hydrogen-bond donors (Lipinski definition) is 3. The maximum Gasteiger partial charge on any atom is 0.232 e. The van der Waals surface area contributed by atoms with E-state index in [0.717, 1.165) is 76.0 Å². The average Bonchev–Trinajstić information content (AvgIpc) is 3.02. The standard InChI is InChI=1S/C45H87N9O3/c1-19-49(34-22-40(7,8)52(28-31(4)55)41(9,10)23-34)37-46-38(50(20-2)35-24-42(11,12)53(29-32(5)56)43(13,14)25-35)48-39(47-37)51(21-3)36-26-44(15,16)54(30-33(6)57)45(17,18)27-36/h31-36,55-57H,19-30H2,1-18H3. The van der Waals surface area contributed by atoms with Crippen LogP contribution in [0.2, 0.25) is 0 Å². The van der Waals surface area contributed by atoms with E-state index in [0.29, 0.717) is 19.6 Å². The second-order valence-electron chi connectivity index (χ2n) is 22.0. The summed E-state index contributed by atoms with van der Waals surface area (Å²) in [6.07, 6.45) is 4.35. The summed E-state index contributed by atoms with van der Waals surface area (Å²) in [5.74, 6) is 2.22. The van der Waals surface area contributed by atoms with Crippen LogP contribution >= 0.6 is 0 Å². The highest BCUT2D eigenvalue weighted by Crippen LogP contribution is 2.45. The molecule has 0 saturated carbocycles. The molecule has 57 heavy (non-hydrogen) atoms. The molecular formula is C45H87N9O3. The van der Waals surface area contributed by atoms with Crippen molar-refractivity contribution in [2.45, 2.75) is 233 Å². The van der Waals surface area contributed by atoms with Crippen molar-refractivity contribution < 1.29 is 15.3 Å². The lowest BCUT2D eigenvalue weighted by Gasteiger charge is -2.58. The summed E-state index contributed by atoms with van der Waals surface area (Å²) < 4.78 is 0. The number of likely N-dealkylation sites (tertiary alicyclic amines) is 3. The third-order valence-electron chi connectivity index (χ3n) is 13.9. The minimum Gasteiger partial charge on any atom is -0.392 e. The van der Waals surface area contributed by atoms with Gasteiger partial charge in [-0.2, -0.15) is 15.0 Å². The number of β-amino-alcohol motifs (C(OH)–C–C–N with tert-alkyl or cyclic N) is 3. The van der Waals surface area contributed by atoms with Crippen molar-refractivity contribution in [2.75, 3.05) is 54.0 Å². The number of piperidine rings is 3. The van der Waals surface area contributed by atoms with Crippen LogP contribution < -0.4 is 14.7 Å². The first kappa shape index (κ1) is 47.8. The highest BCUT2D eigenvalue weighted by Gasteiger charge is 2.50. The Balaban J connectivity index is 1.86. The number of aliphatic hydroxyl groups excluding tert-OH is 3. The Morgan fingerprint density at radius 3 is 0.754 bits per heavy atom. The van der Waals surface area contributed by atoms with Gasteiger partial charge in [-0.25, -0.2) is 0 Å². The van der Waals surface area contributed by atoms with Gasteiger partial charge in [-0.05, 0) is 163 Å². The van der Waals surface area contributed by atoms with E-state index in [2.05, 4.69) is 133 Å². The number of aromatic nitrogens is 3. The monoisotopic (exact) mass is 802 g/mol. The molecule has 3 unspecified atom stereocenters. The second kappa shape index (κ2) is 17.3. The number of rotatable bonds is 15. The summed E-state index contributed by atoms with van der Waals surface area (Å²) in [6.45, 7) is 44.4. The van der Waals surface area contributed by atoms with E-state index in [1.54, 1.807) is 0 Å². The van der Waals surface area contributed by atoms with E-state index in [4.69, 9.17) is 15.0 Å². The van der Waals surface area contributed by atoms with Gasteiger partial charge < -0.3 is 30.0 Å². The van der Waals surface area contributed by atoms with Gasteiger partial charge in [0.15, 0.2) is 0 Å². The van der Waals surface area contributed by atoms with E-state index in [1.165, 1.54) is 0 Å². The number of hydrogen-bond acceptors (Lipinski definition) is 12. The Bertz CT molecular complexity index is 1240. The van der Waals surface area contributed by atoms with Gasteiger partial charge in [0.1, 0.15) is 0 Å². The summed E-state index contributed by atoms with van der Waals surface area (Å²) in [5.41, 5.74) is -0.864. The van der Waals surface area contributed by atoms with Gasteiger partial charge in [0.25, 0.3) is 0 Å². The Morgan fingerprint density at radius 2 is 0.614 bits per heavy atom. The highest BCUT2D eigenvalue weighted by molar-refractivity contribution is 5.49. The smallest absolute Gasteiger partial charge is 0.232 e. The van der Waals surface area contributed by atoms with Crippen LogP contribution in [0, 0.1) is 0 Å². The molecule has 4 heterocycles. The second-order valence-corrected chi connectivity index (χ2v) is 22.0. The molecule has 3 saturated heterocycles. The van der Waals surface area contributed by atoms with E-state index in [9.17, 15) is 15.3 Å². The van der Waals surface area contributed by atoms with Crippen LogP contribution in [0.1, 0.15) is 163 Å². The maximum absolute atomic E-state index is 10.5. The van der Waals surface area contributed by atoms with E-state index < -0.39 is 18.3 Å². The van der Waals surface area contributed by atoms with Crippen molar-refractivity contribution in [3.8, 4) is 0 Å². The highest BCUT2D eigenvalue weighted by atomic mass is 16.3. The quantitative estimate of drug-likeness (QED) is 0.178. The minimum atomic E-state index is -0.404. The molecule has 3 N–H and O–H groups in total. The molecule has 1 aromatic heterocycles. The van der Waals surface area contributed by atoms with Crippen molar-refractivity contribution in [3.63, 3.8) is 0 Å². The molecule has 0 aromatic carbocycles. The molecule has 3 fully saturated rings. The molecule has 12 heteroatoms. The summed E-state index contributed by atoms with van der Waals surface area (Å²) in [7, 11) is 0. The average molecular weight is 802 g/mol. The van der Waals surface area contributed by atoms with Crippen molar-refractivity contribution in [2.24, 2.45) is 0 Å². The molecule has 0 aliphatic carbocycles.